The van der Waals surface area contributed by atoms with E-state index in [4.69, 9.17) is 0 Å². The quantitative estimate of drug-likeness (QED) is 0.600. The summed E-state index contributed by atoms with van der Waals surface area (Å²) in [5.74, 6) is 0. The molecule has 0 fully saturated rings. The molecule has 0 aromatic heterocycles. The van der Waals surface area contributed by atoms with Gasteiger partial charge in [0.1, 0.15) is 0 Å². The van der Waals surface area contributed by atoms with Gasteiger partial charge in [-0.25, -0.2) is 0 Å². The zero-order chi connectivity index (χ0) is 3.58. The summed E-state index contributed by atoms with van der Waals surface area (Å²) >= 11 is -0.450. The molecular weight excluding hydrogens is 318 g/mol. The molecule has 0 saturated heterocycles. The van der Waals surface area contributed by atoms with Gasteiger partial charge in [0.2, 0.25) is 0 Å². The van der Waals surface area contributed by atoms with Gasteiger partial charge in [-0.3, -0.25) is 0 Å². The monoisotopic (exact) mass is 326 g/mol. The van der Waals surface area contributed by atoms with Crippen molar-refractivity contribution in [3.8, 4) is 0 Å². The molecule has 0 amide bonds. The Morgan fingerprint density at radius 3 is 0.833 bits per heavy atom. The Hall–Kier alpha value is 1.78. The minimum absolute atomic E-state index is 0. The van der Waals surface area contributed by atoms with E-state index < -0.39 is 20.2 Å². The molecule has 3 heteroatoms. The maximum atomic E-state index is 2.35. The van der Waals surface area contributed by atoms with Crippen molar-refractivity contribution in [2.75, 3.05) is 0 Å². The number of halogens is 2. The van der Waals surface area contributed by atoms with E-state index in [-0.39, 0.29) is 34.0 Å². The van der Waals surface area contributed by atoms with Crippen LogP contribution in [-0.4, -0.2) is 20.2 Å². The molecule has 0 N–H and O–H groups in total. The van der Waals surface area contributed by atoms with Crippen molar-refractivity contribution in [3.63, 3.8) is 0 Å². The molecule has 0 aliphatic heterocycles. The Kier molecular flexibility index (Phi) is 25.9. The molecular formula is C3H11Br2Sb. The molecule has 0 atom stereocenters. The first kappa shape index (κ1) is 15.7. The van der Waals surface area contributed by atoms with Gasteiger partial charge in [-0.1, -0.05) is 0 Å². The van der Waals surface area contributed by atoms with Crippen LogP contribution in [0.5, 0.6) is 0 Å². The molecule has 6 heavy (non-hydrogen) atoms. The molecule has 0 aliphatic rings. The zero-order valence-corrected chi connectivity index (χ0v) is 10.2. The molecule has 0 bridgehead atoms. The molecule has 0 aliphatic carbocycles. The van der Waals surface area contributed by atoms with Crippen molar-refractivity contribution in [1.29, 1.82) is 0 Å². The Morgan fingerprint density at radius 2 is 0.833 bits per heavy atom. The second-order valence-electron chi connectivity index (χ2n) is 1.34. The summed E-state index contributed by atoms with van der Waals surface area (Å²) in [6, 6.07) is 0. The van der Waals surface area contributed by atoms with Crippen LogP contribution in [0, 0.1) is 0 Å². The predicted octanol–water partition coefficient (Wildman–Crippen LogP) is 2.53. The molecule has 0 aromatic carbocycles. The van der Waals surface area contributed by atoms with Crippen LogP contribution in [0.25, 0.3) is 0 Å². The minimum atomic E-state index is -0.450. The van der Waals surface area contributed by atoms with Gasteiger partial charge in [0.25, 0.3) is 0 Å². The Labute approximate surface area is 68.2 Å². The average molecular weight is 329 g/mol. The normalized spacial score (nSPS) is 6.00. The fraction of sp³-hybridized carbons (Fsp3) is 1.00. The second-order valence-corrected chi connectivity index (χ2v) is 9.00. The van der Waals surface area contributed by atoms with Crippen LogP contribution in [0.1, 0.15) is 0 Å². The second kappa shape index (κ2) is 9.91. The van der Waals surface area contributed by atoms with Crippen molar-refractivity contribution in [3.05, 3.63) is 0 Å². The van der Waals surface area contributed by atoms with E-state index >= 15 is 0 Å². The van der Waals surface area contributed by atoms with Crippen LogP contribution < -0.4 is 0 Å². The van der Waals surface area contributed by atoms with E-state index in [0.717, 1.165) is 0 Å². The fourth-order valence-electron chi connectivity index (χ4n) is 0. The summed E-state index contributed by atoms with van der Waals surface area (Å²) in [6.45, 7) is 0. The molecule has 0 spiro atoms. The van der Waals surface area contributed by atoms with Crippen molar-refractivity contribution in [2.24, 2.45) is 0 Å². The number of hydrogen-bond acceptors (Lipinski definition) is 0. The molecule has 0 radical (unpaired) electrons. The zero-order valence-electron chi connectivity index (χ0n) is 4.26. The van der Waals surface area contributed by atoms with Gasteiger partial charge >= 0.3 is 34.8 Å². The number of rotatable bonds is 0. The van der Waals surface area contributed by atoms with E-state index in [0.29, 0.717) is 0 Å². The van der Waals surface area contributed by atoms with E-state index in [1.165, 1.54) is 0 Å². The SMILES string of the molecule is Br.Br.[CH3][Sb]([CH3])[CH3]. The molecule has 0 nitrogen and oxygen atoms in total. The van der Waals surface area contributed by atoms with Crippen molar-refractivity contribution in [1.82, 2.24) is 0 Å². The van der Waals surface area contributed by atoms with E-state index in [9.17, 15) is 0 Å². The van der Waals surface area contributed by atoms with Gasteiger partial charge in [-0.2, -0.15) is 0 Å². The van der Waals surface area contributed by atoms with Crippen LogP contribution in [0.3, 0.4) is 0 Å². The van der Waals surface area contributed by atoms with Crippen LogP contribution in [0.2, 0.25) is 14.6 Å². The number of hydrogen-bond donors (Lipinski definition) is 0. The van der Waals surface area contributed by atoms with Gasteiger partial charge in [-0.05, 0) is 0 Å². The molecule has 42 valence electrons. The molecule has 0 aromatic rings. The van der Waals surface area contributed by atoms with Crippen molar-refractivity contribution >= 4 is 54.2 Å². The predicted molar refractivity (Wildman–Crippen MR) is 44.0 cm³/mol. The first-order valence-electron chi connectivity index (χ1n) is 1.34. The average Bonchev–Trinajstić information content (AvgIpc) is 0.811. The van der Waals surface area contributed by atoms with Gasteiger partial charge < -0.3 is 0 Å². The Balaban J connectivity index is -0.0000000450. The van der Waals surface area contributed by atoms with Crippen LogP contribution in [-0.2, 0) is 0 Å². The Bertz CT molecular complexity index is 13.5. The topological polar surface area (TPSA) is 0 Å². The molecule has 0 unspecified atom stereocenters. The Morgan fingerprint density at radius 1 is 0.833 bits per heavy atom. The van der Waals surface area contributed by atoms with E-state index in [2.05, 4.69) is 14.6 Å². The standard InChI is InChI=1S/3CH3.2BrH.Sb/h3*1H3;2*1H;. The van der Waals surface area contributed by atoms with Gasteiger partial charge in [0, 0.05) is 0 Å². The van der Waals surface area contributed by atoms with E-state index in [1.54, 1.807) is 0 Å². The third-order valence-corrected chi connectivity index (χ3v) is 0. The summed E-state index contributed by atoms with van der Waals surface area (Å²) in [7, 11) is 0. The fourth-order valence-corrected chi connectivity index (χ4v) is 0. The first-order chi connectivity index (χ1) is 1.73. The summed E-state index contributed by atoms with van der Waals surface area (Å²) in [4.78, 5) is 7.05. The van der Waals surface area contributed by atoms with Crippen molar-refractivity contribution in [2.45, 2.75) is 14.6 Å². The maximum absolute atomic E-state index is 2.35. The molecule has 0 rings (SSSR count). The summed E-state index contributed by atoms with van der Waals surface area (Å²) in [5.41, 5.74) is 0. The third kappa shape index (κ3) is 41.7. The van der Waals surface area contributed by atoms with Gasteiger partial charge in [-0.15, -0.1) is 34.0 Å². The summed E-state index contributed by atoms with van der Waals surface area (Å²) in [5, 5.41) is 0. The van der Waals surface area contributed by atoms with Crippen molar-refractivity contribution < 1.29 is 0 Å². The third-order valence-electron chi connectivity index (χ3n) is 0. The molecule has 0 heterocycles. The van der Waals surface area contributed by atoms with Crippen LogP contribution in [0.15, 0.2) is 0 Å². The summed E-state index contributed by atoms with van der Waals surface area (Å²) in [6.07, 6.45) is 0. The van der Waals surface area contributed by atoms with E-state index in [1.807, 2.05) is 0 Å². The van der Waals surface area contributed by atoms with Crippen LogP contribution in [0.4, 0.5) is 0 Å². The first-order valence-corrected chi connectivity index (χ1v) is 9.00. The van der Waals surface area contributed by atoms with Crippen LogP contribution >= 0.6 is 34.0 Å². The van der Waals surface area contributed by atoms with Gasteiger partial charge in [0.05, 0.1) is 0 Å². The summed E-state index contributed by atoms with van der Waals surface area (Å²) < 4.78 is 0. The molecule has 0 saturated carbocycles. The van der Waals surface area contributed by atoms with Gasteiger partial charge in [0.15, 0.2) is 0 Å².